The number of fused-ring (bicyclic) bond motifs is 1. The molecule has 0 N–H and O–H groups in total. The summed E-state index contributed by atoms with van der Waals surface area (Å²) in [5.41, 5.74) is 1.88. The molecule has 1 aromatic heterocycles. The summed E-state index contributed by atoms with van der Waals surface area (Å²) in [4.78, 5) is 11.8. The average Bonchev–Trinajstić information content (AvgIpc) is 2.69. The van der Waals surface area contributed by atoms with Crippen LogP contribution in [0.5, 0.6) is 0 Å². The van der Waals surface area contributed by atoms with E-state index >= 15 is 0 Å². The quantitative estimate of drug-likeness (QED) is 0.743. The molecule has 1 aromatic carbocycles. The summed E-state index contributed by atoms with van der Waals surface area (Å²) in [5.74, 6) is 0.228. The second-order valence-corrected chi connectivity index (χ2v) is 3.89. The number of aryl methyl sites for hydroxylation is 1. The fraction of sp³-hybridized carbons (Fsp3) is 0.308. The highest BCUT2D eigenvalue weighted by Crippen LogP contribution is 2.21. The summed E-state index contributed by atoms with van der Waals surface area (Å²) in [6.07, 6.45) is -0.471. The molecule has 0 aliphatic carbocycles. The Morgan fingerprint density at radius 2 is 2.12 bits per heavy atom. The molecule has 84 valence electrons. The number of carbonyl (C=O) groups excluding carboxylic acids is 1. The molecular formula is C13H14O3. The second kappa shape index (κ2) is 4.10. The van der Waals surface area contributed by atoms with E-state index in [0.717, 1.165) is 16.5 Å². The third-order valence-corrected chi connectivity index (χ3v) is 2.64. The van der Waals surface area contributed by atoms with Crippen LogP contribution in [0.3, 0.4) is 0 Å². The van der Waals surface area contributed by atoms with Crippen molar-refractivity contribution < 1.29 is 13.9 Å². The van der Waals surface area contributed by atoms with E-state index in [4.69, 9.17) is 9.15 Å². The van der Waals surface area contributed by atoms with Crippen LogP contribution in [-0.4, -0.2) is 19.0 Å². The maximum Gasteiger partial charge on any atom is 0.226 e. The number of carbonyl (C=O) groups is 1. The van der Waals surface area contributed by atoms with Crippen LogP contribution in [0.15, 0.2) is 28.7 Å². The molecule has 0 saturated heterocycles. The minimum Gasteiger partial charge on any atom is -0.453 e. The highest BCUT2D eigenvalue weighted by molar-refractivity contribution is 6.00. The van der Waals surface area contributed by atoms with Crippen LogP contribution in [0.2, 0.25) is 0 Å². The molecule has 1 heterocycles. The van der Waals surface area contributed by atoms with Gasteiger partial charge in [-0.05, 0) is 32.0 Å². The maximum absolute atomic E-state index is 11.8. The van der Waals surface area contributed by atoms with Crippen LogP contribution >= 0.6 is 0 Å². The molecule has 0 radical (unpaired) electrons. The number of ether oxygens (including phenoxy) is 1. The Kier molecular flexibility index (Phi) is 2.79. The first-order valence-corrected chi connectivity index (χ1v) is 5.19. The molecule has 1 unspecified atom stereocenters. The van der Waals surface area contributed by atoms with Gasteiger partial charge in [0, 0.05) is 12.5 Å². The molecular weight excluding hydrogens is 204 g/mol. The van der Waals surface area contributed by atoms with Crippen molar-refractivity contribution in [3.05, 3.63) is 35.6 Å². The molecule has 16 heavy (non-hydrogen) atoms. The minimum atomic E-state index is -0.471. The van der Waals surface area contributed by atoms with Gasteiger partial charge >= 0.3 is 0 Å². The van der Waals surface area contributed by atoms with Crippen molar-refractivity contribution >= 4 is 16.8 Å². The van der Waals surface area contributed by atoms with E-state index in [1.54, 1.807) is 13.0 Å². The molecule has 0 bridgehead atoms. The van der Waals surface area contributed by atoms with Crippen molar-refractivity contribution in [2.45, 2.75) is 20.0 Å². The molecule has 0 aliphatic heterocycles. The zero-order valence-corrected chi connectivity index (χ0v) is 9.61. The summed E-state index contributed by atoms with van der Waals surface area (Å²) >= 11 is 0. The Hall–Kier alpha value is -1.61. The number of methoxy groups -OCH3 is 1. The van der Waals surface area contributed by atoms with Crippen molar-refractivity contribution in [3.8, 4) is 0 Å². The highest BCUT2D eigenvalue weighted by Gasteiger charge is 2.18. The smallest absolute Gasteiger partial charge is 0.226 e. The number of Topliss-reactive ketones (excluding diaryl/α,β-unsaturated/α-hetero) is 1. The summed E-state index contributed by atoms with van der Waals surface area (Å²) in [5, 5.41) is 0.951. The van der Waals surface area contributed by atoms with Crippen LogP contribution in [0.4, 0.5) is 0 Å². The van der Waals surface area contributed by atoms with Gasteiger partial charge in [-0.1, -0.05) is 11.6 Å². The van der Waals surface area contributed by atoms with Crippen molar-refractivity contribution in [1.82, 2.24) is 0 Å². The van der Waals surface area contributed by atoms with Crippen molar-refractivity contribution in [3.63, 3.8) is 0 Å². The zero-order chi connectivity index (χ0) is 11.7. The monoisotopic (exact) mass is 218 g/mol. The zero-order valence-electron chi connectivity index (χ0n) is 9.61. The number of hydrogen-bond acceptors (Lipinski definition) is 3. The first-order valence-electron chi connectivity index (χ1n) is 5.19. The lowest BCUT2D eigenvalue weighted by atomic mass is 10.1. The van der Waals surface area contributed by atoms with Gasteiger partial charge in [-0.3, -0.25) is 4.79 Å². The lowest BCUT2D eigenvalue weighted by molar-refractivity contribution is 0.0629. The average molecular weight is 218 g/mol. The van der Waals surface area contributed by atoms with Gasteiger partial charge in [0.15, 0.2) is 5.76 Å². The molecule has 3 heteroatoms. The number of rotatable bonds is 3. The van der Waals surface area contributed by atoms with Gasteiger partial charge in [0.1, 0.15) is 11.7 Å². The van der Waals surface area contributed by atoms with Crippen LogP contribution in [-0.2, 0) is 4.74 Å². The van der Waals surface area contributed by atoms with Crippen LogP contribution < -0.4 is 0 Å². The molecule has 1 atom stereocenters. The molecule has 0 fully saturated rings. The number of furan rings is 1. The van der Waals surface area contributed by atoms with Gasteiger partial charge in [-0.15, -0.1) is 0 Å². The van der Waals surface area contributed by atoms with E-state index in [1.807, 2.05) is 25.1 Å². The van der Waals surface area contributed by atoms with E-state index in [2.05, 4.69) is 0 Å². The van der Waals surface area contributed by atoms with Crippen molar-refractivity contribution in [2.24, 2.45) is 0 Å². The lowest BCUT2D eigenvalue weighted by Gasteiger charge is -2.04. The Morgan fingerprint density at radius 1 is 1.38 bits per heavy atom. The predicted octanol–water partition coefficient (Wildman–Crippen LogP) is 2.96. The largest absolute Gasteiger partial charge is 0.453 e. The first-order chi connectivity index (χ1) is 7.61. The fourth-order valence-corrected chi connectivity index (χ4v) is 1.59. The number of benzene rings is 1. The van der Waals surface area contributed by atoms with Crippen molar-refractivity contribution in [2.75, 3.05) is 7.11 Å². The molecule has 2 rings (SSSR count). The van der Waals surface area contributed by atoms with Gasteiger partial charge in [0.2, 0.25) is 5.78 Å². The first kappa shape index (κ1) is 10.9. The number of hydrogen-bond donors (Lipinski definition) is 0. The second-order valence-electron chi connectivity index (χ2n) is 3.89. The van der Waals surface area contributed by atoms with Crippen LogP contribution in [0, 0.1) is 6.92 Å². The van der Waals surface area contributed by atoms with E-state index in [-0.39, 0.29) is 5.78 Å². The fourth-order valence-electron chi connectivity index (χ4n) is 1.59. The highest BCUT2D eigenvalue weighted by atomic mass is 16.5. The molecule has 2 aromatic rings. The molecule has 0 aliphatic rings. The van der Waals surface area contributed by atoms with Gasteiger partial charge < -0.3 is 9.15 Å². The molecule has 3 nitrogen and oxygen atoms in total. The molecule has 0 spiro atoms. The summed E-state index contributed by atoms with van der Waals surface area (Å²) in [6, 6.07) is 7.59. The van der Waals surface area contributed by atoms with E-state index in [9.17, 15) is 4.79 Å². The van der Waals surface area contributed by atoms with E-state index in [0.29, 0.717) is 5.76 Å². The van der Waals surface area contributed by atoms with E-state index in [1.165, 1.54) is 7.11 Å². The van der Waals surface area contributed by atoms with Crippen LogP contribution in [0.1, 0.15) is 23.0 Å². The Morgan fingerprint density at radius 3 is 2.81 bits per heavy atom. The maximum atomic E-state index is 11.8. The number of ketones is 1. The third kappa shape index (κ3) is 1.86. The van der Waals surface area contributed by atoms with Gasteiger partial charge in [-0.25, -0.2) is 0 Å². The molecule has 0 saturated carbocycles. The van der Waals surface area contributed by atoms with Gasteiger partial charge in [0.05, 0.1) is 0 Å². The Bertz CT molecular complexity index is 525. The lowest BCUT2D eigenvalue weighted by Crippen LogP contribution is -2.18. The summed E-state index contributed by atoms with van der Waals surface area (Å²) < 4.78 is 10.5. The van der Waals surface area contributed by atoms with E-state index < -0.39 is 6.10 Å². The molecule has 0 amide bonds. The SMILES string of the molecule is COC(C)C(=O)c1cc2cc(C)ccc2o1. The topological polar surface area (TPSA) is 39.4 Å². The third-order valence-electron chi connectivity index (χ3n) is 2.64. The Labute approximate surface area is 94.0 Å². The summed E-state index contributed by atoms with van der Waals surface area (Å²) in [7, 11) is 1.51. The Balaban J connectivity index is 2.43. The normalized spacial score (nSPS) is 12.9. The van der Waals surface area contributed by atoms with Gasteiger partial charge in [0.25, 0.3) is 0 Å². The van der Waals surface area contributed by atoms with Gasteiger partial charge in [-0.2, -0.15) is 0 Å². The van der Waals surface area contributed by atoms with Crippen molar-refractivity contribution in [1.29, 1.82) is 0 Å². The predicted molar refractivity (Wildman–Crippen MR) is 61.8 cm³/mol. The van der Waals surface area contributed by atoms with Crippen LogP contribution in [0.25, 0.3) is 11.0 Å². The summed E-state index contributed by atoms with van der Waals surface area (Å²) in [6.45, 7) is 3.71. The standard InChI is InChI=1S/C13H14O3/c1-8-4-5-11-10(6-8)7-12(16-11)13(14)9(2)15-3/h4-7,9H,1-3H3. The minimum absolute atomic E-state index is 0.128.